The molecule has 37 heavy (non-hydrogen) atoms. The minimum atomic E-state index is -0.902. The molecule has 0 radical (unpaired) electrons. The summed E-state index contributed by atoms with van der Waals surface area (Å²) in [7, 11) is 0. The number of nitrogens with zero attached hydrogens (tertiary/aromatic N) is 3. The Balaban J connectivity index is 0.00000380. The Morgan fingerprint density at radius 3 is 2.43 bits per heavy atom. The number of benzene rings is 2. The van der Waals surface area contributed by atoms with Gasteiger partial charge in [-0.15, -0.1) is 0 Å². The molecule has 2 heterocycles. The van der Waals surface area contributed by atoms with Crippen LogP contribution in [-0.2, 0) is 13.2 Å². The molecular formula is C27H28N3NaO6. The number of ether oxygens (including phenoxy) is 2. The molecule has 0 unspecified atom stereocenters. The molecule has 10 heteroatoms. The van der Waals surface area contributed by atoms with E-state index in [0.717, 1.165) is 38.3 Å². The Morgan fingerprint density at radius 2 is 1.78 bits per heavy atom. The van der Waals surface area contributed by atoms with E-state index in [-0.39, 0.29) is 36.1 Å². The standard InChI is InChI=1S/C27H29N3O6.Na/c1-17(31)13-14-34-25-12-11-24(19(3)28-25)23-6-4-5-21(18(23)2)16-35-22-9-7-20(8-10-22)15-30-26(32)29-27(33)36-30;/h4-12,17,31H,13-16H2,1-3H3,(H,29,32,33);/q;+1/p-1/t17-;/m1./s1. The topological polar surface area (TPSA) is 118 Å². The fourth-order valence-electron chi connectivity index (χ4n) is 3.77. The summed E-state index contributed by atoms with van der Waals surface area (Å²) in [6.45, 7) is 6.65. The summed E-state index contributed by atoms with van der Waals surface area (Å²) in [6, 6.07) is 17.1. The summed E-state index contributed by atoms with van der Waals surface area (Å²) in [5.41, 5.74) is 5.16. The minimum Gasteiger partial charge on any atom is -0.489 e. The molecule has 0 fully saturated rings. The van der Waals surface area contributed by atoms with Crippen molar-refractivity contribution in [3.63, 3.8) is 0 Å². The van der Waals surface area contributed by atoms with Crippen LogP contribution in [0.4, 0.5) is 0 Å². The summed E-state index contributed by atoms with van der Waals surface area (Å²) in [6.07, 6.45) is 0.144. The van der Waals surface area contributed by atoms with Crippen LogP contribution in [0.2, 0.25) is 0 Å². The molecule has 2 aromatic heterocycles. The smallest absolute Gasteiger partial charge is 0.489 e. The van der Waals surface area contributed by atoms with E-state index in [1.54, 1.807) is 31.2 Å². The molecule has 0 aliphatic carbocycles. The Bertz CT molecular complexity index is 1440. The van der Waals surface area contributed by atoms with Gasteiger partial charge in [0.1, 0.15) is 12.4 Å². The molecule has 188 valence electrons. The van der Waals surface area contributed by atoms with Crippen LogP contribution >= 0.6 is 0 Å². The van der Waals surface area contributed by atoms with E-state index in [0.29, 0.717) is 31.3 Å². The zero-order valence-corrected chi connectivity index (χ0v) is 23.4. The normalized spacial score (nSPS) is 11.6. The van der Waals surface area contributed by atoms with Crippen LogP contribution < -0.4 is 55.5 Å². The minimum absolute atomic E-state index is 0. The Morgan fingerprint density at radius 1 is 1.03 bits per heavy atom. The van der Waals surface area contributed by atoms with Gasteiger partial charge in [0.05, 0.1) is 12.7 Å². The summed E-state index contributed by atoms with van der Waals surface area (Å²) in [5.74, 6) is 0.314. The predicted molar refractivity (Wildman–Crippen MR) is 133 cm³/mol. The van der Waals surface area contributed by atoms with Crippen LogP contribution in [-0.4, -0.2) is 27.5 Å². The Labute approximate surface area is 236 Å². The maximum atomic E-state index is 11.5. The van der Waals surface area contributed by atoms with E-state index < -0.39 is 17.5 Å². The number of aryl methyl sites for hydroxylation is 1. The van der Waals surface area contributed by atoms with Crippen molar-refractivity contribution in [3.8, 4) is 22.8 Å². The van der Waals surface area contributed by atoms with Gasteiger partial charge in [-0.2, -0.15) is 0 Å². The van der Waals surface area contributed by atoms with Gasteiger partial charge in [-0.05, 0) is 61.2 Å². The van der Waals surface area contributed by atoms with Crippen molar-refractivity contribution in [1.82, 2.24) is 14.7 Å². The average Bonchev–Trinajstić information content (AvgIpc) is 3.16. The largest absolute Gasteiger partial charge is 1.00 e. The molecule has 0 bridgehead atoms. The number of aromatic nitrogens is 3. The first-order chi connectivity index (χ1) is 17.3. The van der Waals surface area contributed by atoms with E-state index in [9.17, 15) is 14.7 Å². The number of rotatable bonds is 10. The van der Waals surface area contributed by atoms with Crippen molar-refractivity contribution in [3.05, 3.63) is 98.0 Å². The van der Waals surface area contributed by atoms with E-state index in [2.05, 4.69) is 23.0 Å². The van der Waals surface area contributed by atoms with Crippen LogP contribution in [0.1, 0.15) is 35.7 Å². The summed E-state index contributed by atoms with van der Waals surface area (Å²) in [5, 5.41) is 9.39. The first-order valence-electron chi connectivity index (χ1n) is 11.6. The van der Waals surface area contributed by atoms with Gasteiger partial charge < -0.3 is 24.1 Å². The fraction of sp³-hybridized carbons (Fsp3) is 0.296. The van der Waals surface area contributed by atoms with Crippen molar-refractivity contribution < 1.29 is 48.7 Å². The van der Waals surface area contributed by atoms with Crippen LogP contribution in [0.5, 0.6) is 11.6 Å². The SMILES string of the molecule is Cc1nc(OCC[C@@H](C)O)ccc1-c1cccc(COc2ccc(Cn3oc(=O)[n-]c3=O)cc2)c1C.[Na+]. The van der Waals surface area contributed by atoms with Crippen LogP contribution in [0, 0.1) is 13.8 Å². The quantitative estimate of drug-likeness (QED) is 0.299. The summed E-state index contributed by atoms with van der Waals surface area (Å²) >= 11 is 0. The monoisotopic (exact) mass is 513 g/mol. The zero-order chi connectivity index (χ0) is 25.7. The molecule has 0 spiro atoms. The van der Waals surface area contributed by atoms with Gasteiger partial charge in [0.25, 0.3) is 0 Å². The van der Waals surface area contributed by atoms with Gasteiger partial charge in [-0.25, -0.2) is 9.78 Å². The molecule has 0 aliphatic rings. The molecule has 9 nitrogen and oxygen atoms in total. The fourth-order valence-corrected chi connectivity index (χ4v) is 3.77. The molecule has 0 saturated heterocycles. The van der Waals surface area contributed by atoms with Gasteiger partial charge in [-0.1, -0.05) is 30.3 Å². The summed E-state index contributed by atoms with van der Waals surface area (Å²) in [4.78, 5) is 30.4. The molecule has 4 aromatic rings. The third-order valence-electron chi connectivity index (χ3n) is 5.81. The third-order valence-corrected chi connectivity index (χ3v) is 5.81. The van der Waals surface area contributed by atoms with E-state index in [4.69, 9.17) is 14.0 Å². The van der Waals surface area contributed by atoms with Gasteiger partial charge >= 0.3 is 35.3 Å². The van der Waals surface area contributed by atoms with Gasteiger partial charge in [0.2, 0.25) is 5.88 Å². The van der Waals surface area contributed by atoms with Gasteiger partial charge in [-0.3, -0.25) is 9.53 Å². The molecule has 0 aliphatic heterocycles. The van der Waals surface area contributed by atoms with Crippen molar-refractivity contribution in [2.24, 2.45) is 0 Å². The number of hydrogen-bond donors (Lipinski definition) is 1. The van der Waals surface area contributed by atoms with E-state index in [1.165, 1.54) is 0 Å². The first-order valence-corrected chi connectivity index (χ1v) is 11.6. The maximum absolute atomic E-state index is 11.5. The van der Waals surface area contributed by atoms with E-state index >= 15 is 0 Å². The Kier molecular flexibility index (Phi) is 9.93. The molecule has 4 rings (SSSR count). The van der Waals surface area contributed by atoms with Crippen molar-refractivity contribution in [2.45, 2.75) is 46.4 Å². The number of pyridine rings is 1. The van der Waals surface area contributed by atoms with Gasteiger partial charge in [0, 0.05) is 30.3 Å². The number of hydrogen-bond acceptors (Lipinski definition) is 7. The second kappa shape index (κ2) is 12.9. The maximum Gasteiger partial charge on any atom is 1.00 e. The van der Waals surface area contributed by atoms with E-state index in [1.807, 2.05) is 31.2 Å². The number of aliphatic hydroxyl groups excluding tert-OH is 1. The second-order valence-electron chi connectivity index (χ2n) is 8.58. The third kappa shape index (κ3) is 7.45. The van der Waals surface area contributed by atoms with Crippen LogP contribution in [0.3, 0.4) is 0 Å². The van der Waals surface area contributed by atoms with Crippen LogP contribution in [0.15, 0.2) is 68.7 Å². The second-order valence-corrected chi connectivity index (χ2v) is 8.58. The Hall–Kier alpha value is -3.11. The summed E-state index contributed by atoms with van der Waals surface area (Å²) < 4.78 is 17.3. The molecule has 1 atom stereocenters. The van der Waals surface area contributed by atoms with Crippen molar-refractivity contribution in [2.75, 3.05) is 6.61 Å². The molecule has 0 amide bonds. The predicted octanol–water partition coefficient (Wildman–Crippen LogP) is 0.219. The average molecular weight is 514 g/mol. The zero-order valence-electron chi connectivity index (χ0n) is 21.4. The molecule has 2 aromatic carbocycles. The van der Waals surface area contributed by atoms with Gasteiger partial charge in [0.15, 0.2) is 5.69 Å². The van der Waals surface area contributed by atoms with Crippen molar-refractivity contribution >= 4 is 0 Å². The van der Waals surface area contributed by atoms with Crippen molar-refractivity contribution in [1.29, 1.82) is 0 Å². The molecule has 1 N–H and O–H groups in total. The molecule has 0 saturated carbocycles. The van der Waals surface area contributed by atoms with Crippen LogP contribution in [0.25, 0.3) is 11.1 Å². The number of aliphatic hydroxyl groups is 1. The molecular weight excluding hydrogens is 485 g/mol. The first kappa shape index (κ1) is 28.5.